The molecule has 5 heteroatoms. The third kappa shape index (κ3) is 3.04. The molecule has 106 valence electrons. The third-order valence-electron chi connectivity index (χ3n) is 3.05. The van der Waals surface area contributed by atoms with E-state index < -0.39 is 18.0 Å². The molecule has 20 heavy (non-hydrogen) atoms. The van der Waals surface area contributed by atoms with Gasteiger partial charge in [0.15, 0.2) is 0 Å². The Kier molecular flexibility index (Phi) is 5.16. The Balaban J connectivity index is 2.39. The quantitative estimate of drug-likeness (QED) is 0.804. The van der Waals surface area contributed by atoms with Crippen LogP contribution in [0.4, 0.5) is 4.39 Å². The number of rotatable bonds is 4. The fraction of sp³-hybridized carbons (Fsp3) is 0.200. The molecule has 0 aliphatic rings. The van der Waals surface area contributed by atoms with Crippen molar-refractivity contribution in [1.29, 1.82) is 0 Å². The van der Waals surface area contributed by atoms with Crippen molar-refractivity contribution in [2.24, 2.45) is 0 Å². The molecular formula is C15H13BrClFO2. The second kappa shape index (κ2) is 6.68. The molecule has 0 amide bonds. The second-order valence-electron chi connectivity index (χ2n) is 4.28. The van der Waals surface area contributed by atoms with Crippen molar-refractivity contribution in [1.82, 2.24) is 0 Å². The van der Waals surface area contributed by atoms with Gasteiger partial charge in [-0.1, -0.05) is 48.0 Å². The predicted molar refractivity (Wildman–Crippen MR) is 80.3 cm³/mol. The SMILES string of the molecule is COC(c1ccccc1)C(O)c1ccc(Br)c(Cl)c1F. The highest BCUT2D eigenvalue weighted by Crippen LogP contribution is 2.36. The van der Waals surface area contributed by atoms with E-state index >= 15 is 0 Å². The Morgan fingerprint density at radius 1 is 1.20 bits per heavy atom. The highest BCUT2D eigenvalue weighted by molar-refractivity contribution is 9.10. The Morgan fingerprint density at radius 3 is 2.45 bits per heavy atom. The summed E-state index contributed by atoms with van der Waals surface area (Å²) in [5.74, 6) is -0.647. The summed E-state index contributed by atoms with van der Waals surface area (Å²) in [6, 6.07) is 12.2. The molecule has 2 aromatic carbocycles. The van der Waals surface area contributed by atoms with Crippen molar-refractivity contribution in [3.8, 4) is 0 Å². The van der Waals surface area contributed by atoms with Crippen molar-refractivity contribution < 1.29 is 14.2 Å². The van der Waals surface area contributed by atoms with Crippen LogP contribution in [0, 0.1) is 5.82 Å². The summed E-state index contributed by atoms with van der Waals surface area (Å²) in [5.41, 5.74) is 0.870. The molecule has 0 heterocycles. The highest BCUT2D eigenvalue weighted by atomic mass is 79.9. The molecule has 2 atom stereocenters. The molecule has 0 aliphatic heterocycles. The molecule has 0 bridgehead atoms. The maximum Gasteiger partial charge on any atom is 0.148 e. The molecule has 0 aliphatic carbocycles. The van der Waals surface area contributed by atoms with Crippen LogP contribution >= 0.6 is 27.5 Å². The topological polar surface area (TPSA) is 29.5 Å². The van der Waals surface area contributed by atoms with Gasteiger partial charge in [-0.2, -0.15) is 0 Å². The van der Waals surface area contributed by atoms with E-state index in [2.05, 4.69) is 15.9 Å². The molecule has 2 nitrogen and oxygen atoms in total. The lowest BCUT2D eigenvalue weighted by Crippen LogP contribution is -2.14. The van der Waals surface area contributed by atoms with Crippen LogP contribution in [-0.4, -0.2) is 12.2 Å². The molecular weight excluding hydrogens is 347 g/mol. The lowest BCUT2D eigenvalue weighted by atomic mass is 9.98. The average Bonchev–Trinajstić information content (AvgIpc) is 2.47. The van der Waals surface area contributed by atoms with Gasteiger partial charge in [-0.05, 0) is 27.6 Å². The molecule has 2 aromatic rings. The molecule has 0 fully saturated rings. The molecule has 0 saturated heterocycles. The molecule has 2 unspecified atom stereocenters. The number of benzene rings is 2. The summed E-state index contributed by atoms with van der Waals surface area (Å²) in [4.78, 5) is 0. The van der Waals surface area contributed by atoms with Gasteiger partial charge in [-0.15, -0.1) is 0 Å². The molecule has 2 rings (SSSR count). The lowest BCUT2D eigenvalue weighted by Gasteiger charge is -2.23. The zero-order valence-corrected chi connectivity index (χ0v) is 13.0. The average molecular weight is 360 g/mol. The predicted octanol–water partition coefficient (Wildman–Crippen LogP) is 4.66. The maximum absolute atomic E-state index is 14.1. The zero-order valence-electron chi connectivity index (χ0n) is 10.7. The third-order valence-corrected chi connectivity index (χ3v) is 4.31. The van der Waals surface area contributed by atoms with Crippen LogP contribution < -0.4 is 0 Å². The Hall–Kier alpha value is -0.940. The highest BCUT2D eigenvalue weighted by Gasteiger charge is 2.26. The molecule has 1 N–H and O–H groups in total. The maximum atomic E-state index is 14.1. The van der Waals surface area contributed by atoms with Crippen LogP contribution in [0.2, 0.25) is 5.02 Å². The standard InChI is InChI=1S/C15H13BrClFO2/c1-20-15(9-5-3-2-4-6-9)14(19)10-7-8-11(16)12(17)13(10)18/h2-8,14-15,19H,1H3. The van der Waals surface area contributed by atoms with Crippen LogP contribution in [-0.2, 0) is 4.74 Å². The fourth-order valence-electron chi connectivity index (χ4n) is 2.02. The van der Waals surface area contributed by atoms with Gasteiger partial charge in [0.25, 0.3) is 0 Å². The molecule has 0 saturated carbocycles. The minimum atomic E-state index is -1.15. The normalized spacial score (nSPS) is 14.1. The first-order chi connectivity index (χ1) is 9.56. The zero-order chi connectivity index (χ0) is 14.7. The molecule has 0 spiro atoms. The Labute approximate surface area is 130 Å². The number of hydrogen-bond acceptors (Lipinski definition) is 2. The first kappa shape index (κ1) is 15.4. The van der Waals surface area contributed by atoms with Gasteiger partial charge in [0.2, 0.25) is 0 Å². The fourth-order valence-corrected chi connectivity index (χ4v) is 2.50. The van der Waals surface area contributed by atoms with E-state index in [9.17, 15) is 9.50 Å². The lowest BCUT2D eigenvalue weighted by molar-refractivity contribution is -0.0165. The molecule has 0 radical (unpaired) electrons. The van der Waals surface area contributed by atoms with Crippen LogP contribution in [0.5, 0.6) is 0 Å². The first-order valence-corrected chi connectivity index (χ1v) is 7.12. The number of halogens is 3. The van der Waals surface area contributed by atoms with Crippen molar-refractivity contribution >= 4 is 27.5 Å². The van der Waals surface area contributed by atoms with Gasteiger partial charge >= 0.3 is 0 Å². The van der Waals surface area contributed by atoms with Gasteiger partial charge in [0.1, 0.15) is 18.0 Å². The van der Waals surface area contributed by atoms with E-state index in [1.807, 2.05) is 30.3 Å². The van der Waals surface area contributed by atoms with E-state index in [0.717, 1.165) is 5.56 Å². The summed E-state index contributed by atoms with van der Waals surface area (Å²) in [5, 5.41) is 10.3. The monoisotopic (exact) mass is 358 g/mol. The van der Waals surface area contributed by atoms with E-state index in [1.54, 1.807) is 6.07 Å². The van der Waals surface area contributed by atoms with E-state index in [4.69, 9.17) is 16.3 Å². The number of ether oxygens (including phenoxy) is 1. The van der Waals surface area contributed by atoms with Crippen LogP contribution in [0.15, 0.2) is 46.9 Å². The van der Waals surface area contributed by atoms with Crippen molar-refractivity contribution in [3.63, 3.8) is 0 Å². The summed E-state index contributed by atoms with van der Waals surface area (Å²) in [7, 11) is 1.47. The summed E-state index contributed by atoms with van der Waals surface area (Å²) >= 11 is 8.99. The minimum Gasteiger partial charge on any atom is -0.385 e. The summed E-state index contributed by atoms with van der Waals surface area (Å²) < 4.78 is 19.9. The Morgan fingerprint density at radius 2 is 1.85 bits per heavy atom. The van der Waals surface area contributed by atoms with Gasteiger partial charge in [-0.3, -0.25) is 0 Å². The van der Waals surface area contributed by atoms with E-state index in [-0.39, 0.29) is 10.6 Å². The number of methoxy groups -OCH3 is 1. The Bertz CT molecular complexity index is 592. The van der Waals surface area contributed by atoms with E-state index in [0.29, 0.717) is 4.47 Å². The van der Waals surface area contributed by atoms with Gasteiger partial charge < -0.3 is 9.84 Å². The largest absolute Gasteiger partial charge is 0.385 e. The second-order valence-corrected chi connectivity index (χ2v) is 5.51. The van der Waals surface area contributed by atoms with E-state index in [1.165, 1.54) is 13.2 Å². The van der Waals surface area contributed by atoms with Crippen LogP contribution in [0.1, 0.15) is 23.3 Å². The van der Waals surface area contributed by atoms with Gasteiger partial charge in [0.05, 0.1) is 5.02 Å². The van der Waals surface area contributed by atoms with Crippen LogP contribution in [0.3, 0.4) is 0 Å². The van der Waals surface area contributed by atoms with Gasteiger partial charge in [-0.25, -0.2) is 4.39 Å². The first-order valence-electron chi connectivity index (χ1n) is 5.95. The van der Waals surface area contributed by atoms with Crippen molar-refractivity contribution in [2.75, 3.05) is 7.11 Å². The van der Waals surface area contributed by atoms with Gasteiger partial charge in [0, 0.05) is 17.1 Å². The number of hydrogen-bond donors (Lipinski definition) is 1. The van der Waals surface area contributed by atoms with Crippen molar-refractivity contribution in [2.45, 2.75) is 12.2 Å². The number of aliphatic hydroxyl groups is 1. The van der Waals surface area contributed by atoms with Crippen LogP contribution in [0.25, 0.3) is 0 Å². The smallest absolute Gasteiger partial charge is 0.148 e. The minimum absolute atomic E-state index is 0.0514. The summed E-state index contributed by atoms with van der Waals surface area (Å²) in [6.07, 6.45) is -1.81. The summed E-state index contributed by atoms with van der Waals surface area (Å²) in [6.45, 7) is 0. The number of aliphatic hydroxyl groups excluding tert-OH is 1. The van der Waals surface area contributed by atoms with Crippen molar-refractivity contribution in [3.05, 3.63) is 68.9 Å². The molecule has 0 aromatic heterocycles.